The summed E-state index contributed by atoms with van der Waals surface area (Å²) in [6.07, 6.45) is -0.229. The van der Waals surface area contributed by atoms with E-state index in [9.17, 15) is 4.79 Å². The highest BCUT2D eigenvalue weighted by molar-refractivity contribution is 5.76. The van der Waals surface area contributed by atoms with E-state index in [2.05, 4.69) is 53.4 Å². The molecule has 0 bridgehead atoms. The Labute approximate surface area is 146 Å². The first kappa shape index (κ1) is 15.1. The molecule has 0 N–H and O–H groups in total. The van der Waals surface area contributed by atoms with Crippen LogP contribution >= 0.6 is 0 Å². The highest BCUT2D eigenvalue weighted by Gasteiger charge is 2.59. The molecule has 3 aliphatic heterocycles. The maximum Gasteiger partial charge on any atom is 0.314 e. The summed E-state index contributed by atoms with van der Waals surface area (Å²) in [5.74, 6) is -0.360. The molecule has 0 unspecified atom stereocenters. The molecule has 5 heteroatoms. The molecule has 128 valence electrons. The zero-order chi connectivity index (χ0) is 16.8. The molecule has 2 aromatic rings. The smallest absolute Gasteiger partial charge is 0.314 e. The third kappa shape index (κ3) is 2.47. The molecular formula is C20H20N2O3. The van der Waals surface area contributed by atoms with Crippen LogP contribution in [0.3, 0.4) is 0 Å². The first-order valence-electron chi connectivity index (χ1n) is 8.76. The van der Waals surface area contributed by atoms with Crippen molar-refractivity contribution in [3.8, 4) is 0 Å². The molecular weight excluding hydrogens is 316 g/mol. The van der Waals surface area contributed by atoms with Gasteiger partial charge in [0.25, 0.3) is 0 Å². The minimum Gasteiger partial charge on any atom is -0.462 e. The summed E-state index contributed by atoms with van der Waals surface area (Å²) in [4.78, 5) is 20.8. The van der Waals surface area contributed by atoms with Crippen molar-refractivity contribution in [1.82, 2.24) is 9.96 Å². The molecule has 0 spiro atoms. The molecule has 4 atom stereocenters. The summed E-state index contributed by atoms with van der Waals surface area (Å²) < 4.78 is 5.25. The number of carbonyl (C=O) groups is 1. The van der Waals surface area contributed by atoms with E-state index in [-0.39, 0.29) is 30.2 Å². The second-order valence-electron chi connectivity index (χ2n) is 6.91. The Morgan fingerprint density at radius 2 is 1.72 bits per heavy atom. The van der Waals surface area contributed by atoms with Crippen LogP contribution in [0, 0.1) is 5.92 Å². The van der Waals surface area contributed by atoms with Gasteiger partial charge in [-0.25, -0.2) is 0 Å². The van der Waals surface area contributed by atoms with Crippen molar-refractivity contribution in [2.24, 2.45) is 5.92 Å². The summed E-state index contributed by atoms with van der Waals surface area (Å²) in [6, 6.07) is 20.9. The predicted molar refractivity (Wildman–Crippen MR) is 91.0 cm³/mol. The number of rotatable bonds is 3. The Hall–Kier alpha value is -2.21. The van der Waals surface area contributed by atoms with Gasteiger partial charge >= 0.3 is 5.97 Å². The summed E-state index contributed by atoms with van der Waals surface area (Å²) in [6.45, 7) is 1.99. The Kier molecular flexibility index (Phi) is 3.59. The average Bonchev–Trinajstić information content (AvgIpc) is 3.29. The van der Waals surface area contributed by atoms with Gasteiger partial charge < -0.3 is 4.74 Å². The van der Waals surface area contributed by atoms with Crippen LogP contribution in [0.5, 0.6) is 0 Å². The van der Waals surface area contributed by atoms with E-state index in [1.165, 1.54) is 11.1 Å². The highest BCUT2D eigenvalue weighted by Crippen LogP contribution is 2.45. The number of ether oxygens (including phenoxy) is 1. The SMILES string of the molecule is O=C1OC[C@H]2ON3[C@@H](c4ccccc4)CN(Cc4ccccc4)[C@@H]3[C@@H]12. The normalized spacial score (nSPS) is 31.8. The van der Waals surface area contributed by atoms with Crippen molar-refractivity contribution in [2.75, 3.05) is 13.2 Å². The van der Waals surface area contributed by atoms with E-state index < -0.39 is 0 Å². The molecule has 0 aromatic heterocycles. The molecule has 2 aromatic carbocycles. The lowest BCUT2D eigenvalue weighted by molar-refractivity contribution is -0.188. The Bertz CT molecular complexity index is 767. The minimum atomic E-state index is -0.225. The molecule has 0 aliphatic carbocycles. The van der Waals surface area contributed by atoms with Crippen molar-refractivity contribution in [2.45, 2.75) is 24.9 Å². The summed E-state index contributed by atoms with van der Waals surface area (Å²) in [7, 11) is 0. The van der Waals surface area contributed by atoms with Crippen LogP contribution in [0.2, 0.25) is 0 Å². The molecule has 3 fully saturated rings. The van der Waals surface area contributed by atoms with E-state index in [0.29, 0.717) is 6.61 Å². The first-order valence-corrected chi connectivity index (χ1v) is 8.76. The maximum atomic E-state index is 12.3. The van der Waals surface area contributed by atoms with Crippen molar-refractivity contribution < 1.29 is 14.4 Å². The van der Waals surface area contributed by atoms with Crippen LogP contribution in [-0.2, 0) is 20.9 Å². The second kappa shape index (κ2) is 5.95. The monoisotopic (exact) mass is 336 g/mol. The van der Waals surface area contributed by atoms with Crippen LogP contribution in [0.4, 0.5) is 0 Å². The van der Waals surface area contributed by atoms with Gasteiger partial charge in [-0.15, -0.1) is 0 Å². The van der Waals surface area contributed by atoms with E-state index in [0.717, 1.165) is 13.1 Å². The molecule has 5 rings (SSSR count). The minimum absolute atomic E-state index is 0.0644. The highest BCUT2D eigenvalue weighted by atomic mass is 16.7. The van der Waals surface area contributed by atoms with Gasteiger partial charge in [-0.05, 0) is 11.1 Å². The van der Waals surface area contributed by atoms with Crippen LogP contribution in [-0.4, -0.2) is 41.4 Å². The van der Waals surface area contributed by atoms with Crippen molar-refractivity contribution >= 4 is 5.97 Å². The van der Waals surface area contributed by atoms with Gasteiger partial charge in [-0.3, -0.25) is 14.5 Å². The largest absolute Gasteiger partial charge is 0.462 e. The molecule has 3 saturated heterocycles. The lowest BCUT2D eigenvalue weighted by atomic mass is 10.0. The average molecular weight is 336 g/mol. The second-order valence-corrected chi connectivity index (χ2v) is 6.91. The molecule has 0 amide bonds. The fourth-order valence-corrected chi connectivity index (χ4v) is 4.26. The third-order valence-electron chi connectivity index (χ3n) is 5.40. The van der Waals surface area contributed by atoms with E-state index in [1.807, 2.05) is 17.2 Å². The van der Waals surface area contributed by atoms with Gasteiger partial charge in [-0.2, -0.15) is 5.06 Å². The van der Waals surface area contributed by atoms with Gasteiger partial charge in [-0.1, -0.05) is 60.7 Å². The Morgan fingerprint density at radius 3 is 2.48 bits per heavy atom. The number of hydroxylamine groups is 2. The number of hydrogen-bond acceptors (Lipinski definition) is 5. The van der Waals surface area contributed by atoms with Gasteiger partial charge in [0.15, 0.2) is 0 Å². The Morgan fingerprint density at radius 1 is 1.00 bits per heavy atom. The summed E-state index contributed by atoms with van der Waals surface area (Å²) >= 11 is 0. The van der Waals surface area contributed by atoms with Gasteiger partial charge in [0.1, 0.15) is 24.8 Å². The summed E-state index contributed by atoms with van der Waals surface area (Å²) in [5.41, 5.74) is 2.46. The van der Waals surface area contributed by atoms with Gasteiger partial charge in [0.2, 0.25) is 0 Å². The zero-order valence-corrected chi connectivity index (χ0v) is 13.8. The zero-order valence-electron chi connectivity index (χ0n) is 13.8. The lowest BCUT2D eigenvalue weighted by Crippen LogP contribution is -2.41. The van der Waals surface area contributed by atoms with Gasteiger partial charge in [0.05, 0.1) is 6.04 Å². The maximum absolute atomic E-state index is 12.3. The summed E-state index contributed by atoms with van der Waals surface area (Å²) in [5, 5.41) is 2.04. The van der Waals surface area contributed by atoms with Crippen LogP contribution in [0.15, 0.2) is 60.7 Å². The van der Waals surface area contributed by atoms with Crippen LogP contribution in [0.1, 0.15) is 17.2 Å². The third-order valence-corrected chi connectivity index (χ3v) is 5.40. The van der Waals surface area contributed by atoms with Gasteiger partial charge in [0, 0.05) is 13.1 Å². The van der Waals surface area contributed by atoms with Crippen LogP contribution in [0.25, 0.3) is 0 Å². The van der Waals surface area contributed by atoms with E-state index in [4.69, 9.17) is 9.57 Å². The standard InChI is InChI=1S/C20H20N2O3/c23-20-18-17(13-24-20)25-22-16(15-9-5-2-6-10-15)12-21(19(18)22)11-14-7-3-1-4-8-14/h1-10,16-19H,11-13H2/t16-,17-,18+,19+/m1/s1. The number of cyclic esters (lactones) is 1. The molecule has 3 heterocycles. The number of fused-ring (bicyclic) bond motifs is 3. The van der Waals surface area contributed by atoms with Crippen molar-refractivity contribution in [1.29, 1.82) is 0 Å². The molecule has 5 nitrogen and oxygen atoms in total. The van der Waals surface area contributed by atoms with E-state index in [1.54, 1.807) is 0 Å². The number of benzene rings is 2. The number of hydrogen-bond donors (Lipinski definition) is 0. The number of esters is 1. The molecule has 3 aliphatic rings. The Balaban J connectivity index is 1.48. The first-order chi connectivity index (χ1) is 12.3. The molecule has 25 heavy (non-hydrogen) atoms. The molecule has 0 radical (unpaired) electrons. The quantitative estimate of drug-likeness (QED) is 0.805. The topological polar surface area (TPSA) is 42.0 Å². The number of carbonyl (C=O) groups excluding carboxylic acids is 1. The fraction of sp³-hybridized carbons (Fsp3) is 0.350. The van der Waals surface area contributed by atoms with Crippen molar-refractivity contribution in [3.63, 3.8) is 0 Å². The van der Waals surface area contributed by atoms with Crippen LogP contribution < -0.4 is 0 Å². The predicted octanol–water partition coefficient (Wildman–Crippen LogP) is 2.36. The van der Waals surface area contributed by atoms with Crippen molar-refractivity contribution in [3.05, 3.63) is 71.8 Å². The molecule has 0 saturated carbocycles. The van der Waals surface area contributed by atoms with E-state index >= 15 is 0 Å². The fourth-order valence-electron chi connectivity index (χ4n) is 4.26. The number of nitrogens with zero attached hydrogens (tertiary/aromatic N) is 2. The lowest BCUT2D eigenvalue weighted by Gasteiger charge is -2.25.